The number of rotatable bonds is 1. The van der Waals surface area contributed by atoms with Gasteiger partial charge in [-0.05, 0) is 36.5 Å². The predicted octanol–water partition coefficient (Wildman–Crippen LogP) is 3.74. The molecule has 0 saturated heterocycles. The molecule has 3 heteroatoms. The second kappa shape index (κ2) is 4.09. The Morgan fingerprint density at radius 2 is 2.21 bits per heavy atom. The summed E-state index contributed by atoms with van der Waals surface area (Å²) in [5.74, 6) is 1.70. The largest absolute Gasteiger partial charge is 0.331 e. The molecule has 0 amide bonds. The fourth-order valence-electron chi connectivity index (χ4n) is 3.41. The van der Waals surface area contributed by atoms with Crippen molar-refractivity contribution in [1.82, 2.24) is 9.55 Å². The Bertz CT molecular complexity index is 673. The van der Waals surface area contributed by atoms with Crippen molar-refractivity contribution in [1.29, 1.82) is 5.26 Å². The van der Waals surface area contributed by atoms with Crippen molar-refractivity contribution >= 4 is 11.0 Å². The molecular weight excluding hydrogens is 234 g/mol. The lowest BCUT2D eigenvalue weighted by molar-refractivity contribution is 0.318. The van der Waals surface area contributed by atoms with Crippen molar-refractivity contribution in [3.8, 4) is 6.07 Å². The van der Waals surface area contributed by atoms with Crippen LogP contribution in [0.4, 0.5) is 0 Å². The van der Waals surface area contributed by atoms with E-state index in [1.807, 2.05) is 18.2 Å². The Morgan fingerprint density at radius 3 is 2.84 bits per heavy atom. The number of nitriles is 1. The number of imidazole rings is 1. The molecule has 0 aliphatic heterocycles. The molecule has 1 unspecified atom stereocenters. The summed E-state index contributed by atoms with van der Waals surface area (Å²) in [5, 5.41) is 8.98. The van der Waals surface area contributed by atoms with Gasteiger partial charge in [0, 0.05) is 13.0 Å². The predicted molar refractivity (Wildman–Crippen MR) is 75.8 cm³/mol. The van der Waals surface area contributed by atoms with Crippen LogP contribution in [0.25, 0.3) is 11.0 Å². The van der Waals surface area contributed by atoms with Gasteiger partial charge >= 0.3 is 0 Å². The number of fused-ring (bicyclic) bond motifs is 1. The number of nitrogens with zero attached hydrogens (tertiary/aromatic N) is 3. The summed E-state index contributed by atoms with van der Waals surface area (Å²) in [6.45, 7) is 4.68. The van der Waals surface area contributed by atoms with E-state index in [4.69, 9.17) is 10.2 Å². The van der Waals surface area contributed by atoms with Gasteiger partial charge in [0.05, 0.1) is 22.7 Å². The molecule has 1 aromatic carbocycles. The van der Waals surface area contributed by atoms with E-state index in [1.165, 1.54) is 25.1 Å². The highest BCUT2D eigenvalue weighted by molar-refractivity contribution is 5.77. The highest BCUT2D eigenvalue weighted by Crippen LogP contribution is 2.48. The summed E-state index contributed by atoms with van der Waals surface area (Å²) in [5.41, 5.74) is 3.08. The molecule has 19 heavy (non-hydrogen) atoms. The molecule has 1 fully saturated rings. The van der Waals surface area contributed by atoms with E-state index in [0.29, 0.717) is 16.9 Å². The fraction of sp³-hybridized carbons (Fsp3) is 0.500. The van der Waals surface area contributed by atoms with Gasteiger partial charge in [-0.25, -0.2) is 4.98 Å². The highest BCUT2D eigenvalue weighted by atomic mass is 15.1. The van der Waals surface area contributed by atoms with Gasteiger partial charge in [0.2, 0.25) is 0 Å². The van der Waals surface area contributed by atoms with Crippen LogP contribution in [0.15, 0.2) is 18.2 Å². The average Bonchev–Trinajstić information content (AvgIpc) is 2.89. The van der Waals surface area contributed by atoms with Crippen LogP contribution in [-0.4, -0.2) is 9.55 Å². The molecule has 1 aliphatic rings. The molecule has 2 aromatic rings. The Labute approximate surface area is 113 Å². The smallest absolute Gasteiger partial charge is 0.113 e. The summed E-state index contributed by atoms with van der Waals surface area (Å²) < 4.78 is 2.20. The second-order valence-corrected chi connectivity index (χ2v) is 6.28. The molecule has 1 aromatic heterocycles. The average molecular weight is 253 g/mol. The molecule has 0 radical (unpaired) electrons. The summed E-state index contributed by atoms with van der Waals surface area (Å²) in [7, 11) is 2.09. The lowest BCUT2D eigenvalue weighted by atomic mass is 9.81. The van der Waals surface area contributed by atoms with Crippen LogP contribution in [0.5, 0.6) is 0 Å². The maximum Gasteiger partial charge on any atom is 0.113 e. The van der Waals surface area contributed by atoms with Crippen molar-refractivity contribution in [3.63, 3.8) is 0 Å². The Balaban J connectivity index is 2.15. The number of benzene rings is 1. The van der Waals surface area contributed by atoms with Gasteiger partial charge in [-0.3, -0.25) is 0 Å². The normalized spacial score (nSPS) is 21.7. The van der Waals surface area contributed by atoms with Crippen LogP contribution in [0, 0.1) is 16.7 Å². The first-order valence-corrected chi connectivity index (χ1v) is 6.89. The third-order valence-electron chi connectivity index (χ3n) is 4.61. The standard InChI is InChI=1S/C16H19N3/c1-16(2)8-4-5-12(16)15-18-13-9-11(10-17)6-7-14(13)19(15)3/h6-7,9,12H,4-5,8H2,1-3H3. The van der Waals surface area contributed by atoms with Crippen molar-refractivity contribution < 1.29 is 0 Å². The van der Waals surface area contributed by atoms with E-state index in [1.54, 1.807) is 0 Å². The number of hydrogen-bond acceptors (Lipinski definition) is 2. The quantitative estimate of drug-likeness (QED) is 0.777. The third-order valence-corrected chi connectivity index (χ3v) is 4.61. The van der Waals surface area contributed by atoms with Crippen molar-refractivity contribution in [3.05, 3.63) is 29.6 Å². The van der Waals surface area contributed by atoms with Crippen molar-refractivity contribution in [2.24, 2.45) is 12.5 Å². The number of aromatic nitrogens is 2. The van der Waals surface area contributed by atoms with Gasteiger partial charge in [0.1, 0.15) is 5.82 Å². The molecule has 3 rings (SSSR count). The SMILES string of the molecule is Cn1c(C2CCCC2(C)C)nc2cc(C#N)ccc21. The molecule has 0 bridgehead atoms. The third kappa shape index (κ3) is 1.83. The van der Waals surface area contributed by atoms with E-state index in [2.05, 4.69) is 31.5 Å². The van der Waals surface area contributed by atoms with E-state index < -0.39 is 0 Å². The summed E-state index contributed by atoms with van der Waals surface area (Å²) in [6.07, 6.45) is 3.77. The summed E-state index contributed by atoms with van der Waals surface area (Å²) in [6, 6.07) is 7.95. The second-order valence-electron chi connectivity index (χ2n) is 6.28. The van der Waals surface area contributed by atoms with Crippen LogP contribution >= 0.6 is 0 Å². The van der Waals surface area contributed by atoms with Gasteiger partial charge in [-0.2, -0.15) is 5.26 Å². The van der Waals surface area contributed by atoms with Crippen LogP contribution in [-0.2, 0) is 7.05 Å². The van der Waals surface area contributed by atoms with Crippen molar-refractivity contribution in [2.75, 3.05) is 0 Å². The van der Waals surface area contributed by atoms with Crippen molar-refractivity contribution in [2.45, 2.75) is 39.0 Å². The molecule has 3 nitrogen and oxygen atoms in total. The van der Waals surface area contributed by atoms with Gasteiger partial charge in [0.25, 0.3) is 0 Å². The molecule has 1 heterocycles. The van der Waals surface area contributed by atoms with Gasteiger partial charge in [-0.1, -0.05) is 20.3 Å². The monoisotopic (exact) mass is 253 g/mol. The first-order valence-electron chi connectivity index (χ1n) is 6.89. The Kier molecular flexibility index (Phi) is 2.63. The first-order chi connectivity index (χ1) is 9.03. The van der Waals surface area contributed by atoms with Crippen LogP contribution in [0.2, 0.25) is 0 Å². The van der Waals surface area contributed by atoms with Gasteiger partial charge in [0.15, 0.2) is 0 Å². The molecule has 0 spiro atoms. The molecule has 1 saturated carbocycles. The van der Waals surface area contributed by atoms with E-state index in [9.17, 15) is 0 Å². The Morgan fingerprint density at radius 1 is 1.42 bits per heavy atom. The topological polar surface area (TPSA) is 41.6 Å². The molecule has 0 N–H and O–H groups in total. The van der Waals surface area contributed by atoms with Crippen LogP contribution < -0.4 is 0 Å². The van der Waals surface area contributed by atoms with Gasteiger partial charge < -0.3 is 4.57 Å². The van der Waals surface area contributed by atoms with E-state index >= 15 is 0 Å². The first kappa shape index (κ1) is 12.2. The Hall–Kier alpha value is -1.82. The zero-order chi connectivity index (χ0) is 13.6. The zero-order valence-electron chi connectivity index (χ0n) is 11.8. The minimum atomic E-state index is 0.327. The molecule has 1 aliphatic carbocycles. The fourth-order valence-corrected chi connectivity index (χ4v) is 3.41. The summed E-state index contributed by atoms with van der Waals surface area (Å²) >= 11 is 0. The van der Waals surface area contributed by atoms with Gasteiger partial charge in [-0.15, -0.1) is 0 Å². The van der Waals surface area contributed by atoms with E-state index in [-0.39, 0.29) is 0 Å². The van der Waals surface area contributed by atoms with Crippen LogP contribution in [0.1, 0.15) is 50.4 Å². The molecular formula is C16H19N3. The number of aryl methyl sites for hydroxylation is 1. The van der Waals surface area contributed by atoms with E-state index in [0.717, 1.165) is 11.0 Å². The lowest BCUT2D eigenvalue weighted by Crippen LogP contribution is -2.18. The van der Waals surface area contributed by atoms with Crippen LogP contribution in [0.3, 0.4) is 0 Å². The highest BCUT2D eigenvalue weighted by Gasteiger charge is 2.38. The minimum absolute atomic E-state index is 0.327. The minimum Gasteiger partial charge on any atom is -0.331 e. The molecule has 1 atom stereocenters. The maximum absolute atomic E-state index is 8.98. The summed E-state index contributed by atoms with van der Waals surface area (Å²) in [4.78, 5) is 4.81. The number of hydrogen-bond donors (Lipinski definition) is 0. The zero-order valence-corrected chi connectivity index (χ0v) is 11.8. The lowest BCUT2D eigenvalue weighted by Gasteiger charge is -2.26. The maximum atomic E-state index is 8.98. The molecule has 98 valence electrons.